The first-order valence-electron chi connectivity index (χ1n) is 10.9. The lowest BCUT2D eigenvalue weighted by atomic mass is 10.0. The van der Waals surface area contributed by atoms with E-state index in [2.05, 4.69) is 38.8 Å². The molecule has 0 saturated carbocycles. The van der Waals surface area contributed by atoms with Crippen LogP contribution in [0.15, 0.2) is 33.2 Å². The van der Waals surface area contributed by atoms with Gasteiger partial charge in [-0.05, 0) is 50.3 Å². The van der Waals surface area contributed by atoms with Crippen LogP contribution in [0.2, 0.25) is 0 Å². The van der Waals surface area contributed by atoms with Crippen LogP contribution in [0.1, 0.15) is 99.9 Å². The molecule has 0 amide bonds. The van der Waals surface area contributed by atoms with Gasteiger partial charge in [0.05, 0.1) is 4.48 Å². The van der Waals surface area contributed by atoms with E-state index in [9.17, 15) is 9.59 Å². The summed E-state index contributed by atoms with van der Waals surface area (Å²) >= 11 is 5.98. The highest BCUT2D eigenvalue weighted by Gasteiger charge is 2.17. The molecule has 1 aromatic rings. The van der Waals surface area contributed by atoms with Crippen molar-refractivity contribution in [1.29, 1.82) is 0 Å². The molecule has 0 atom stereocenters. The number of Topliss-reactive ketones (excluding diaryl/α,β-unsaturated/α-hetero) is 1. The summed E-state index contributed by atoms with van der Waals surface area (Å²) in [6.45, 7) is 2.26. The number of ketones is 1. The Labute approximate surface area is 192 Å². The normalized spacial score (nSPS) is 12.0. The minimum absolute atomic E-state index is 0.0266. The van der Waals surface area contributed by atoms with Crippen molar-refractivity contribution in [3.63, 3.8) is 0 Å². The minimum atomic E-state index is -1.17. The smallest absolute Gasteiger partial charge is 0.344 e. The number of aliphatic carboxylic acids is 1. The maximum Gasteiger partial charge on any atom is 0.344 e. The Morgan fingerprint density at radius 2 is 1.17 bits per heavy atom. The van der Waals surface area contributed by atoms with E-state index in [4.69, 9.17) is 5.11 Å². The van der Waals surface area contributed by atoms with Crippen molar-refractivity contribution in [1.82, 2.24) is 0 Å². The lowest BCUT2D eigenvalue weighted by Gasteiger charge is -2.05. The number of hydrogen-bond acceptors (Lipinski definition) is 2. The molecule has 0 fully saturated rings. The third-order valence-electron chi connectivity index (χ3n) is 5.11. The Hall–Kier alpha value is -0.940. The second kappa shape index (κ2) is 15.8. The largest absolute Gasteiger partial charge is 0.477 e. The number of carboxylic acids is 1. The molecule has 0 saturated heterocycles. The van der Waals surface area contributed by atoms with Gasteiger partial charge >= 0.3 is 5.97 Å². The monoisotopic (exact) mass is 528 g/mol. The second-order valence-electron chi connectivity index (χ2n) is 7.60. The van der Waals surface area contributed by atoms with E-state index in [1.807, 2.05) is 12.1 Å². The lowest BCUT2D eigenvalue weighted by Crippen LogP contribution is -2.05. The molecule has 1 N–H and O–H groups in total. The van der Waals surface area contributed by atoms with Gasteiger partial charge in [0.2, 0.25) is 5.78 Å². The van der Waals surface area contributed by atoms with Crippen molar-refractivity contribution in [3.8, 4) is 0 Å². The van der Waals surface area contributed by atoms with Crippen molar-refractivity contribution in [2.75, 3.05) is 0 Å². The highest BCUT2D eigenvalue weighted by Crippen LogP contribution is 2.23. The van der Waals surface area contributed by atoms with Crippen LogP contribution in [0.5, 0.6) is 0 Å². The number of carbonyl (C=O) groups is 2. The predicted molar refractivity (Wildman–Crippen MR) is 128 cm³/mol. The molecular weight excluding hydrogens is 496 g/mol. The summed E-state index contributed by atoms with van der Waals surface area (Å²) in [4.78, 5) is 23.2. The second-order valence-corrected chi connectivity index (χ2v) is 9.18. The number of halogens is 2. The summed E-state index contributed by atoms with van der Waals surface area (Å²) in [6.07, 6.45) is 17.1. The maximum atomic E-state index is 12.3. The van der Waals surface area contributed by atoms with Crippen molar-refractivity contribution in [2.45, 2.75) is 90.4 Å². The van der Waals surface area contributed by atoms with Crippen molar-refractivity contribution >= 4 is 43.6 Å². The van der Waals surface area contributed by atoms with Gasteiger partial charge in [0.25, 0.3) is 0 Å². The van der Waals surface area contributed by atoms with Crippen LogP contribution in [-0.4, -0.2) is 16.9 Å². The molecule has 29 heavy (non-hydrogen) atoms. The van der Waals surface area contributed by atoms with Crippen LogP contribution in [0, 0.1) is 0 Å². The molecule has 0 unspecified atom stereocenters. The molecular formula is C24H34Br2O3. The van der Waals surface area contributed by atoms with Crippen molar-refractivity contribution in [3.05, 3.63) is 44.4 Å². The Bertz CT molecular complexity index is 651. The molecule has 0 aliphatic carbocycles. The molecule has 0 spiro atoms. The zero-order valence-electron chi connectivity index (χ0n) is 17.5. The molecule has 1 rings (SSSR count). The number of carbonyl (C=O) groups excluding carboxylic acids is 1. The molecule has 0 aromatic heterocycles. The molecule has 0 aliphatic heterocycles. The predicted octanol–water partition coefficient (Wildman–Crippen LogP) is 8.20. The number of unbranched alkanes of at least 4 members (excludes halogenated alkanes) is 11. The molecule has 0 aliphatic rings. The third kappa shape index (κ3) is 11.1. The number of benzene rings is 1. The fourth-order valence-electron chi connectivity index (χ4n) is 3.31. The van der Waals surface area contributed by atoms with Gasteiger partial charge in [-0.2, -0.15) is 0 Å². The molecule has 3 nitrogen and oxygen atoms in total. The van der Waals surface area contributed by atoms with E-state index in [0.717, 1.165) is 6.42 Å². The summed E-state index contributed by atoms with van der Waals surface area (Å²) in [5.74, 6) is -1.51. The van der Waals surface area contributed by atoms with Crippen LogP contribution in [0.25, 0.3) is 0 Å². The number of aryl methyl sites for hydroxylation is 1. The van der Waals surface area contributed by atoms with E-state index in [0.29, 0.717) is 5.56 Å². The SMILES string of the molecule is CCCCCCCCCCCCCCc1ccc(C(=O)/C(Br)=C(/Br)C(=O)O)cc1. The quantitative estimate of drug-likeness (QED) is 0.133. The average Bonchev–Trinajstić information content (AvgIpc) is 2.73. The van der Waals surface area contributed by atoms with Crippen LogP contribution >= 0.6 is 31.9 Å². The van der Waals surface area contributed by atoms with Gasteiger partial charge in [-0.15, -0.1) is 0 Å². The van der Waals surface area contributed by atoms with Crippen LogP contribution in [0.4, 0.5) is 0 Å². The molecule has 1 aromatic carbocycles. The summed E-state index contributed by atoms with van der Waals surface area (Å²) in [5.41, 5.74) is 1.69. The fourth-order valence-corrected chi connectivity index (χ4v) is 3.89. The Morgan fingerprint density at radius 1 is 0.724 bits per heavy atom. The van der Waals surface area contributed by atoms with E-state index in [1.165, 1.54) is 82.6 Å². The zero-order valence-corrected chi connectivity index (χ0v) is 20.7. The highest BCUT2D eigenvalue weighted by atomic mass is 79.9. The molecule has 0 heterocycles. The zero-order chi connectivity index (χ0) is 21.5. The first-order chi connectivity index (χ1) is 14.0. The van der Waals surface area contributed by atoms with Gasteiger partial charge in [0, 0.05) is 5.56 Å². The Kier molecular flexibility index (Phi) is 14.3. The fraction of sp³-hybridized carbons (Fsp3) is 0.583. The Morgan fingerprint density at radius 3 is 1.62 bits per heavy atom. The van der Waals surface area contributed by atoms with E-state index in [1.54, 1.807) is 12.1 Å². The number of allylic oxidation sites excluding steroid dienone is 1. The van der Waals surface area contributed by atoms with E-state index >= 15 is 0 Å². The van der Waals surface area contributed by atoms with Gasteiger partial charge in [-0.1, -0.05) is 102 Å². The topological polar surface area (TPSA) is 54.4 Å². The molecule has 162 valence electrons. The van der Waals surface area contributed by atoms with Crippen molar-refractivity contribution in [2.24, 2.45) is 0 Å². The number of carboxylic acid groups (broad SMARTS) is 1. The maximum absolute atomic E-state index is 12.3. The molecule has 5 heteroatoms. The molecule has 0 bridgehead atoms. The summed E-state index contributed by atoms with van der Waals surface area (Å²) in [7, 11) is 0. The highest BCUT2D eigenvalue weighted by molar-refractivity contribution is 9.14. The molecule has 0 radical (unpaired) electrons. The summed E-state index contributed by atoms with van der Waals surface area (Å²) in [6, 6.07) is 7.45. The lowest BCUT2D eigenvalue weighted by molar-refractivity contribution is -0.131. The van der Waals surface area contributed by atoms with Gasteiger partial charge in [-0.25, -0.2) is 4.79 Å². The summed E-state index contributed by atoms with van der Waals surface area (Å²) in [5, 5.41) is 8.95. The number of hydrogen-bond donors (Lipinski definition) is 1. The van der Waals surface area contributed by atoms with E-state index in [-0.39, 0.29) is 14.7 Å². The summed E-state index contributed by atoms with van der Waals surface area (Å²) < 4.78 is -0.137. The third-order valence-corrected chi connectivity index (χ3v) is 7.14. The Balaban J connectivity index is 2.18. The van der Waals surface area contributed by atoms with Gasteiger partial charge in [-0.3, -0.25) is 4.79 Å². The van der Waals surface area contributed by atoms with Crippen LogP contribution in [0.3, 0.4) is 0 Å². The first-order valence-corrected chi connectivity index (χ1v) is 12.5. The van der Waals surface area contributed by atoms with Crippen molar-refractivity contribution < 1.29 is 14.7 Å². The first kappa shape index (κ1) is 26.1. The van der Waals surface area contributed by atoms with E-state index < -0.39 is 5.97 Å². The minimum Gasteiger partial charge on any atom is -0.477 e. The van der Waals surface area contributed by atoms with Crippen LogP contribution < -0.4 is 0 Å². The average molecular weight is 530 g/mol. The number of rotatable bonds is 16. The van der Waals surface area contributed by atoms with Crippen LogP contribution in [-0.2, 0) is 11.2 Å². The van der Waals surface area contributed by atoms with Gasteiger partial charge in [0.1, 0.15) is 4.48 Å². The standard InChI is InChI=1S/C24H34Br2O3/c1-2-3-4-5-6-7-8-9-10-11-12-13-14-19-15-17-20(18-16-19)23(27)21(25)22(26)24(28)29/h15-18H,2-14H2,1H3,(H,28,29)/b22-21-. The van der Waals surface area contributed by atoms with Gasteiger partial charge in [0.15, 0.2) is 0 Å². The van der Waals surface area contributed by atoms with Gasteiger partial charge < -0.3 is 5.11 Å².